The molecule has 0 unspecified atom stereocenters. The van der Waals surface area contributed by atoms with Gasteiger partial charge in [0.05, 0.1) is 22.3 Å². The minimum Gasteiger partial charge on any atom is -0.388 e. The first-order valence-corrected chi connectivity index (χ1v) is 10.7. The molecule has 6 nitrogen and oxygen atoms in total. The molecule has 2 aliphatic heterocycles. The molecular weight excluding hydrogens is 350 g/mol. The fraction of sp³-hybridized carbons (Fsp3) is 0.789. The minimum absolute atomic E-state index is 0.107. The van der Waals surface area contributed by atoms with E-state index in [9.17, 15) is 9.90 Å². The predicted molar refractivity (Wildman–Crippen MR) is 99.8 cm³/mol. The first-order chi connectivity index (χ1) is 12.5. The van der Waals surface area contributed by atoms with Crippen molar-refractivity contribution in [2.45, 2.75) is 69.2 Å². The Morgan fingerprint density at radius 1 is 1.42 bits per heavy atom. The molecular formula is C19H29N3O3S. The van der Waals surface area contributed by atoms with Gasteiger partial charge >= 0.3 is 0 Å². The lowest BCUT2D eigenvalue weighted by molar-refractivity contribution is -0.208. The molecule has 1 amide bonds. The van der Waals surface area contributed by atoms with Crippen molar-refractivity contribution in [1.29, 1.82) is 0 Å². The molecule has 26 heavy (non-hydrogen) atoms. The van der Waals surface area contributed by atoms with Crippen LogP contribution in [0.15, 0.2) is 10.9 Å². The van der Waals surface area contributed by atoms with Gasteiger partial charge in [0.2, 0.25) is 5.91 Å². The number of piperidine rings is 1. The number of hydrogen-bond acceptors (Lipinski definition) is 6. The van der Waals surface area contributed by atoms with Crippen molar-refractivity contribution in [3.63, 3.8) is 0 Å². The van der Waals surface area contributed by atoms with Crippen LogP contribution in [0.1, 0.15) is 51.1 Å². The quantitative estimate of drug-likeness (QED) is 0.836. The summed E-state index contributed by atoms with van der Waals surface area (Å²) in [7, 11) is 0. The third-order valence-corrected chi connectivity index (χ3v) is 7.20. The van der Waals surface area contributed by atoms with E-state index in [-0.39, 0.29) is 11.8 Å². The van der Waals surface area contributed by atoms with Gasteiger partial charge in [0.15, 0.2) is 0 Å². The van der Waals surface area contributed by atoms with Crippen molar-refractivity contribution in [2.75, 3.05) is 19.7 Å². The van der Waals surface area contributed by atoms with Crippen molar-refractivity contribution >= 4 is 17.2 Å². The molecule has 3 fully saturated rings. The summed E-state index contributed by atoms with van der Waals surface area (Å²) in [4.78, 5) is 19.2. The second-order valence-corrected chi connectivity index (χ2v) is 9.07. The highest BCUT2D eigenvalue weighted by Gasteiger charge is 2.54. The number of aromatic nitrogens is 1. The van der Waals surface area contributed by atoms with E-state index in [0.717, 1.165) is 57.4 Å². The summed E-state index contributed by atoms with van der Waals surface area (Å²) in [6.07, 6.45) is 4.65. The van der Waals surface area contributed by atoms with Gasteiger partial charge in [-0.25, -0.2) is 4.98 Å². The van der Waals surface area contributed by atoms with Crippen LogP contribution in [0.2, 0.25) is 0 Å². The third-order valence-electron chi connectivity index (χ3n) is 6.57. The maximum absolute atomic E-state index is 12.5. The zero-order valence-corrected chi connectivity index (χ0v) is 16.3. The Hall–Kier alpha value is -1.02. The number of nitrogens with one attached hydrogen (secondary N) is 1. The fourth-order valence-electron chi connectivity index (χ4n) is 4.50. The average molecular weight is 380 g/mol. The van der Waals surface area contributed by atoms with Gasteiger partial charge in [-0.15, -0.1) is 11.3 Å². The lowest BCUT2D eigenvalue weighted by Gasteiger charge is -2.54. The number of aliphatic hydroxyl groups is 1. The second-order valence-electron chi connectivity index (χ2n) is 8.36. The van der Waals surface area contributed by atoms with Crippen LogP contribution in [0.4, 0.5) is 0 Å². The van der Waals surface area contributed by atoms with Crippen LogP contribution in [0.5, 0.6) is 0 Å². The van der Waals surface area contributed by atoms with Crippen molar-refractivity contribution in [1.82, 2.24) is 15.2 Å². The second kappa shape index (κ2) is 7.19. The first kappa shape index (κ1) is 18.3. The molecule has 0 radical (unpaired) electrons. The van der Waals surface area contributed by atoms with Crippen molar-refractivity contribution in [3.05, 3.63) is 16.6 Å². The Labute approximate surface area is 158 Å². The minimum atomic E-state index is -0.672. The number of thiazole rings is 1. The number of carbonyl (C=O) groups is 1. The molecule has 1 aromatic heterocycles. The molecule has 1 saturated carbocycles. The molecule has 1 aromatic rings. The zero-order valence-electron chi connectivity index (χ0n) is 15.4. The number of rotatable bonds is 4. The van der Waals surface area contributed by atoms with Gasteiger partial charge in [0.1, 0.15) is 6.10 Å². The van der Waals surface area contributed by atoms with E-state index in [4.69, 9.17) is 4.74 Å². The number of nitrogens with zero attached hydrogens (tertiary/aromatic N) is 2. The molecule has 7 heteroatoms. The first-order valence-electron chi connectivity index (χ1n) is 9.74. The molecule has 0 aromatic carbocycles. The summed E-state index contributed by atoms with van der Waals surface area (Å²) < 4.78 is 6.14. The Bertz CT molecular complexity index is 626. The Morgan fingerprint density at radius 2 is 2.19 bits per heavy atom. The average Bonchev–Trinajstić information content (AvgIpc) is 3.06. The summed E-state index contributed by atoms with van der Waals surface area (Å²) in [5.74, 6) is 0.244. The summed E-state index contributed by atoms with van der Waals surface area (Å²) in [5.41, 5.74) is 1.83. The van der Waals surface area contributed by atoms with Crippen LogP contribution < -0.4 is 5.32 Å². The molecule has 4 rings (SSSR count). The monoisotopic (exact) mass is 379 g/mol. The van der Waals surface area contributed by atoms with E-state index in [1.54, 1.807) is 11.3 Å². The number of aliphatic hydroxyl groups excluding tert-OH is 1. The van der Waals surface area contributed by atoms with Crippen LogP contribution in [0.3, 0.4) is 0 Å². The molecule has 1 aliphatic carbocycles. The smallest absolute Gasteiger partial charge is 0.223 e. The third kappa shape index (κ3) is 3.42. The summed E-state index contributed by atoms with van der Waals surface area (Å²) in [6.45, 7) is 5.18. The molecule has 1 spiro atoms. The standard InChI is InChI=1S/C19H29N3O3S/c1-18(21-16(23)14-3-2-4-14)7-10-25-19(17(18)24)5-8-22(9-6-19)11-15-12-26-13-20-15/h12-14,17,24H,2-11H2,1H3,(H,21,23)/t17-,18+/m0/s1. The van der Waals surface area contributed by atoms with Gasteiger partial charge in [-0.2, -0.15) is 0 Å². The SMILES string of the molecule is C[C@@]1(NC(=O)C2CCC2)CCOC2(CCN(Cc3cscn3)CC2)[C@H]1O. The maximum Gasteiger partial charge on any atom is 0.223 e. The highest BCUT2D eigenvalue weighted by Crippen LogP contribution is 2.40. The van der Waals surface area contributed by atoms with Gasteiger partial charge in [0, 0.05) is 37.5 Å². The van der Waals surface area contributed by atoms with Crippen molar-refractivity contribution < 1.29 is 14.6 Å². The van der Waals surface area contributed by atoms with Crippen LogP contribution in [-0.4, -0.2) is 57.8 Å². The predicted octanol–water partition coefficient (Wildman–Crippen LogP) is 1.93. The molecule has 2 atom stereocenters. The van der Waals surface area contributed by atoms with Gasteiger partial charge in [-0.05, 0) is 39.0 Å². The number of likely N-dealkylation sites (tertiary alicyclic amines) is 1. The molecule has 2 saturated heterocycles. The van der Waals surface area contributed by atoms with E-state index in [2.05, 4.69) is 20.6 Å². The van der Waals surface area contributed by atoms with Gasteiger partial charge in [0.25, 0.3) is 0 Å². The fourth-order valence-corrected chi connectivity index (χ4v) is 5.05. The van der Waals surface area contributed by atoms with Crippen LogP contribution in [-0.2, 0) is 16.1 Å². The Kier molecular flexibility index (Phi) is 5.07. The lowest BCUT2D eigenvalue weighted by Crippen LogP contribution is -2.69. The van der Waals surface area contributed by atoms with Crippen molar-refractivity contribution in [2.24, 2.45) is 5.92 Å². The highest BCUT2D eigenvalue weighted by molar-refractivity contribution is 7.07. The summed E-state index contributed by atoms with van der Waals surface area (Å²) in [6, 6.07) is 0. The lowest BCUT2D eigenvalue weighted by atomic mass is 9.72. The van der Waals surface area contributed by atoms with E-state index < -0.39 is 17.2 Å². The van der Waals surface area contributed by atoms with E-state index in [1.165, 1.54) is 0 Å². The molecule has 144 valence electrons. The van der Waals surface area contributed by atoms with Crippen LogP contribution in [0, 0.1) is 5.92 Å². The number of carbonyl (C=O) groups excluding carboxylic acids is 1. The number of hydrogen-bond donors (Lipinski definition) is 2. The molecule has 3 aliphatic rings. The van der Waals surface area contributed by atoms with Crippen molar-refractivity contribution in [3.8, 4) is 0 Å². The maximum atomic E-state index is 12.5. The van der Waals surface area contributed by atoms with Gasteiger partial charge < -0.3 is 15.2 Å². The van der Waals surface area contributed by atoms with Crippen LogP contribution in [0.25, 0.3) is 0 Å². The van der Waals surface area contributed by atoms with Gasteiger partial charge in [-0.1, -0.05) is 6.42 Å². The van der Waals surface area contributed by atoms with E-state index >= 15 is 0 Å². The molecule has 2 N–H and O–H groups in total. The van der Waals surface area contributed by atoms with Gasteiger partial charge in [-0.3, -0.25) is 9.69 Å². The normalized spacial score (nSPS) is 32.3. The van der Waals surface area contributed by atoms with Crippen LogP contribution >= 0.6 is 11.3 Å². The number of ether oxygens (including phenoxy) is 1. The number of amides is 1. The molecule has 0 bridgehead atoms. The highest BCUT2D eigenvalue weighted by atomic mass is 32.1. The van der Waals surface area contributed by atoms with E-state index in [0.29, 0.717) is 13.0 Å². The Balaban J connectivity index is 1.39. The molecule has 3 heterocycles. The Morgan fingerprint density at radius 3 is 2.81 bits per heavy atom. The largest absolute Gasteiger partial charge is 0.388 e. The topological polar surface area (TPSA) is 74.7 Å². The zero-order chi connectivity index (χ0) is 18.2. The summed E-state index contributed by atoms with van der Waals surface area (Å²) >= 11 is 1.62. The summed E-state index contributed by atoms with van der Waals surface area (Å²) in [5, 5.41) is 16.5. The van der Waals surface area contributed by atoms with E-state index in [1.807, 2.05) is 12.4 Å².